The standard InChI is InChI=1S/C8H16O2/c1-3-8-5-4-6-9-7(2)10-8/h7-8H,3-6H2,1-2H3. The molecule has 0 aliphatic carbocycles. The minimum atomic E-state index is 0.00690. The van der Waals surface area contributed by atoms with Gasteiger partial charge in [0, 0.05) is 6.61 Å². The fourth-order valence-corrected chi connectivity index (χ4v) is 1.24. The molecule has 1 fully saturated rings. The first-order chi connectivity index (χ1) is 4.83. The summed E-state index contributed by atoms with van der Waals surface area (Å²) in [6, 6.07) is 0. The Bertz CT molecular complexity index is 93.3. The van der Waals surface area contributed by atoms with Crippen LogP contribution in [0.15, 0.2) is 0 Å². The first-order valence-electron chi connectivity index (χ1n) is 4.10. The van der Waals surface area contributed by atoms with Crippen molar-refractivity contribution in [3.05, 3.63) is 0 Å². The second-order valence-corrected chi connectivity index (χ2v) is 2.75. The van der Waals surface area contributed by atoms with Gasteiger partial charge < -0.3 is 9.47 Å². The lowest BCUT2D eigenvalue weighted by Gasteiger charge is -2.15. The summed E-state index contributed by atoms with van der Waals surface area (Å²) in [4.78, 5) is 0. The van der Waals surface area contributed by atoms with Crippen LogP contribution in [-0.2, 0) is 9.47 Å². The van der Waals surface area contributed by atoms with Crippen molar-refractivity contribution in [2.24, 2.45) is 0 Å². The van der Waals surface area contributed by atoms with Gasteiger partial charge in [-0.15, -0.1) is 0 Å². The summed E-state index contributed by atoms with van der Waals surface area (Å²) in [6.07, 6.45) is 3.84. The molecule has 0 aromatic rings. The fraction of sp³-hybridized carbons (Fsp3) is 1.00. The molecule has 60 valence electrons. The molecule has 2 unspecified atom stereocenters. The number of ether oxygens (including phenoxy) is 2. The highest BCUT2D eigenvalue weighted by Gasteiger charge is 2.15. The summed E-state index contributed by atoms with van der Waals surface area (Å²) < 4.78 is 10.9. The Balaban J connectivity index is 2.30. The second kappa shape index (κ2) is 3.94. The molecule has 1 aliphatic heterocycles. The molecule has 0 N–H and O–H groups in total. The highest BCUT2D eigenvalue weighted by molar-refractivity contribution is 4.58. The Kier molecular flexibility index (Phi) is 3.16. The van der Waals surface area contributed by atoms with Gasteiger partial charge in [0.2, 0.25) is 0 Å². The molecule has 0 spiro atoms. The van der Waals surface area contributed by atoms with Gasteiger partial charge in [-0.1, -0.05) is 6.92 Å². The predicted octanol–water partition coefficient (Wildman–Crippen LogP) is 1.94. The van der Waals surface area contributed by atoms with Gasteiger partial charge >= 0.3 is 0 Å². The molecule has 0 saturated carbocycles. The van der Waals surface area contributed by atoms with Crippen molar-refractivity contribution in [1.82, 2.24) is 0 Å². The monoisotopic (exact) mass is 144 g/mol. The van der Waals surface area contributed by atoms with Crippen LogP contribution in [0.5, 0.6) is 0 Å². The summed E-state index contributed by atoms with van der Waals surface area (Å²) in [5.74, 6) is 0. The maximum atomic E-state index is 5.54. The van der Waals surface area contributed by atoms with Gasteiger partial charge in [-0.05, 0) is 26.2 Å². The lowest BCUT2D eigenvalue weighted by Crippen LogP contribution is -2.17. The molecule has 0 amide bonds. The predicted molar refractivity (Wildman–Crippen MR) is 39.8 cm³/mol. The first kappa shape index (κ1) is 8.02. The van der Waals surface area contributed by atoms with Crippen molar-refractivity contribution in [3.8, 4) is 0 Å². The van der Waals surface area contributed by atoms with Gasteiger partial charge in [0.05, 0.1) is 6.10 Å². The summed E-state index contributed by atoms with van der Waals surface area (Å²) in [5, 5.41) is 0. The molecule has 1 aliphatic rings. The average Bonchev–Trinajstić information content (AvgIpc) is 2.13. The van der Waals surface area contributed by atoms with Crippen LogP contribution in [0.1, 0.15) is 33.1 Å². The molecule has 2 heteroatoms. The van der Waals surface area contributed by atoms with Crippen molar-refractivity contribution >= 4 is 0 Å². The molecule has 0 aromatic carbocycles. The van der Waals surface area contributed by atoms with Crippen molar-refractivity contribution in [3.63, 3.8) is 0 Å². The van der Waals surface area contributed by atoms with Crippen molar-refractivity contribution < 1.29 is 9.47 Å². The largest absolute Gasteiger partial charge is 0.353 e. The van der Waals surface area contributed by atoms with Gasteiger partial charge in [-0.3, -0.25) is 0 Å². The average molecular weight is 144 g/mol. The van der Waals surface area contributed by atoms with Crippen LogP contribution in [-0.4, -0.2) is 19.0 Å². The van der Waals surface area contributed by atoms with E-state index < -0.39 is 0 Å². The van der Waals surface area contributed by atoms with Gasteiger partial charge in [0.1, 0.15) is 0 Å². The Labute approximate surface area is 62.5 Å². The maximum Gasteiger partial charge on any atom is 0.155 e. The first-order valence-corrected chi connectivity index (χ1v) is 4.10. The minimum Gasteiger partial charge on any atom is -0.353 e. The quantitative estimate of drug-likeness (QED) is 0.560. The zero-order chi connectivity index (χ0) is 7.40. The Morgan fingerprint density at radius 2 is 2.30 bits per heavy atom. The van der Waals surface area contributed by atoms with E-state index in [1.165, 1.54) is 0 Å². The zero-order valence-electron chi connectivity index (χ0n) is 6.80. The van der Waals surface area contributed by atoms with E-state index in [0.29, 0.717) is 6.10 Å². The van der Waals surface area contributed by atoms with Crippen LogP contribution in [0.25, 0.3) is 0 Å². The summed E-state index contributed by atoms with van der Waals surface area (Å²) >= 11 is 0. The SMILES string of the molecule is CCC1CCCOC(C)O1. The van der Waals surface area contributed by atoms with E-state index in [1.807, 2.05) is 6.92 Å². The molecule has 0 bridgehead atoms. The topological polar surface area (TPSA) is 18.5 Å². The Hall–Kier alpha value is -0.0800. The van der Waals surface area contributed by atoms with E-state index >= 15 is 0 Å². The van der Waals surface area contributed by atoms with Crippen LogP contribution in [0.2, 0.25) is 0 Å². The van der Waals surface area contributed by atoms with Crippen molar-refractivity contribution in [2.45, 2.75) is 45.5 Å². The molecule has 10 heavy (non-hydrogen) atoms. The van der Waals surface area contributed by atoms with Crippen LogP contribution in [0.4, 0.5) is 0 Å². The lowest BCUT2D eigenvalue weighted by molar-refractivity contribution is -0.141. The van der Waals surface area contributed by atoms with E-state index in [-0.39, 0.29) is 6.29 Å². The summed E-state index contributed by atoms with van der Waals surface area (Å²) in [6.45, 7) is 4.98. The molecule has 1 rings (SSSR count). The molecule has 2 atom stereocenters. The van der Waals surface area contributed by atoms with Gasteiger partial charge in [-0.2, -0.15) is 0 Å². The molecule has 1 heterocycles. The van der Waals surface area contributed by atoms with Crippen LogP contribution in [0.3, 0.4) is 0 Å². The smallest absolute Gasteiger partial charge is 0.155 e. The van der Waals surface area contributed by atoms with Gasteiger partial charge in [0.25, 0.3) is 0 Å². The lowest BCUT2D eigenvalue weighted by atomic mass is 10.1. The Morgan fingerprint density at radius 1 is 1.50 bits per heavy atom. The van der Waals surface area contributed by atoms with E-state index in [0.717, 1.165) is 25.9 Å². The highest BCUT2D eigenvalue weighted by atomic mass is 16.7. The summed E-state index contributed by atoms with van der Waals surface area (Å²) in [7, 11) is 0. The van der Waals surface area contributed by atoms with Crippen LogP contribution >= 0.6 is 0 Å². The fourth-order valence-electron chi connectivity index (χ4n) is 1.24. The third-order valence-corrected chi connectivity index (χ3v) is 1.86. The zero-order valence-corrected chi connectivity index (χ0v) is 6.80. The third kappa shape index (κ3) is 2.27. The van der Waals surface area contributed by atoms with E-state index in [9.17, 15) is 0 Å². The summed E-state index contributed by atoms with van der Waals surface area (Å²) in [5.41, 5.74) is 0. The maximum absolute atomic E-state index is 5.54. The third-order valence-electron chi connectivity index (χ3n) is 1.86. The van der Waals surface area contributed by atoms with E-state index in [2.05, 4.69) is 6.92 Å². The molecule has 2 nitrogen and oxygen atoms in total. The van der Waals surface area contributed by atoms with Crippen LogP contribution < -0.4 is 0 Å². The molecule has 0 aromatic heterocycles. The van der Waals surface area contributed by atoms with Crippen molar-refractivity contribution in [2.75, 3.05) is 6.61 Å². The van der Waals surface area contributed by atoms with E-state index in [4.69, 9.17) is 9.47 Å². The molecule has 1 saturated heterocycles. The molecular weight excluding hydrogens is 128 g/mol. The van der Waals surface area contributed by atoms with Gasteiger partial charge in [0.15, 0.2) is 6.29 Å². The van der Waals surface area contributed by atoms with Gasteiger partial charge in [-0.25, -0.2) is 0 Å². The molecule has 0 radical (unpaired) electrons. The highest BCUT2D eigenvalue weighted by Crippen LogP contribution is 2.14. The van der Waals surface area contributed by atoms with E-state index in [1.54, 1.807) is 0 Å². The Morgan fingerprint density at radius 3 is 3.00 bits per heavy atom. The number of rotatable bonds is 1. The normalized spacial score (nSPS) is 35.4. The molecular formula is C8H16O2. The van der Waals surface area contributed by atoms with Crippen molar-refractivity contribution in [1.29, 1.82) is 0 Å². The minimum absolute atomic E-state index is 0.00690. The number of hydrogen-bond acceptors (Lipinski definition) is 2. The van der Waals surface area contributed by atoms with Crippen LogP contribution in [0, 0.1) is 0 Å². The number of hydrogen-bond donors (Lipinski definition) is 0. The second-order valence-electron chi connectivity index (χ2n) is 2.75.